The van der Waals surface area contributed by atoms with Gasteiger partial charge in [-0.25, -0.2) is 0 Å². The van der Waals surface area contributed by atoms with Gasteiger partial charge in [0.2, 0.25) is 5.95 Å². The predicted molar refractivity (Wildman–Crippen MR) is 117 cm³/mol. The summed E-state index contributed by atoms with van der Waals surface area (Å²) in [7, 11) is 0. The minimum absolute atomic E-state index is 0.0512. The van der Waals surface area contributed by atoms with Crippen LogP contribution in [0.2, 0.25) is 0 Å². The zero-order valence-electron chi connectivity index (χ0n) is 18.0. The molecule has 2 aliphatic heterocycles. The molecule has 2 heterocycles. The molecular formula is C22H32N6O. The van der Waals surface area contributed by atoms with E-state index in [1.165, 1.54) is 5.56 Å². The molecule has 29 heavy (non-hydrogen) atoms. The van der Waals surface area contributed by atoms with Crippen molar-refractivity contribution in [2.24, 2.45) is 0 Å². The summed E-state index contributed by atoms with van der Waals surface area (Å²) in [6, 6.07) is 10.3. The molecule has 1 aromatic rings. The van der Waals surface area contributed by atoms with E-state index in [9.17, 15) is 5.11 Å². The average molecular weight is 397 g/mol. The maximum Gasteiger partial charge on any atom is 0.205 e. The Labute approximate surface area is 172 Å². The van der Waals surface area contributed by atoms with Crippen LogP contribution in [0, 0.1) is 0 Å². The van der Waals surface area contributed by atoms with Gasteiger partial charge in [0.15, 0.2) is 11.5 Å². The second-order valence-corrected chi connectivity index (χ2v) is 7.96. The first-order chi connectivity index (χ1) is 14.0. The summed E-state index contributed by atoms with van der Waals surface area (Å²) in [6.45, 7) is 11.2. The lowest BCUT2D eigenvalue weighted by molar-refractivity contribution is 0.271. The van der Waals surface area contributed by atoms with Gasteiger partial charge in [-0.2, -0.15) is 10.1 Å². The van der Waals surface area contributed by atoms with E-state index >= 15 is 0 Å². The molecule has 0 saturated heterocycles. The van der Waals surface area contributed by atoms with E-state index in [1.54, 1.807) is 0 Å². The molecule has 0 amide bonds. The van der Waals surface area contributed by atoms with Crippen molar-refractivity contribution in [3.63, 3.8) is 0 Å². The van der Waals surface area contributed by atoms with E-state index < -0.39 is 0 Å². The fourth-order valence-corrected chi connectivity index (χ4v) is 3.39. The quantitative estimate of drug-likeness (QED) is 0.500. The van der Waals surface area contributed by atoms with Crippen LogP contribution in [0.3, 0.4) is 0 Å². The zero-order chi connectivity index (χ0) is 21.0. The van der Waals surface area contributed by atoms with Crippen molar-refractivity contribution in [3.05, 3.63) is 41.6 Å². The van der Waals surface area contributed by atoms with Crippen molar-refractivity contribution in [1.82, 2.24) is 19.7 Å². The molecule has 0 aromatic heterocycles. The smallest absolute Gasteiger partial charge is 0.205 e. The summed E-state index contributed by atoms with van der Waals surface area (Å²) in [5.41, 5.74) is 3.90. The largest absolute Gasteiger partial charge is 0.394 e. The highest BCUT2D eigenvalue weighted by molar-refractivity contribution is 5.74. The summed E-state index contributed by atoms with van der Waals surface area (Å²) < 4.78 is 2.15. The van der Waals surface area contributed by atoms with E-state index in [-0.39, 0.29) is 24.6 Å². The second-order valence-electron chi connectivity index (χ2n) is 7.96. The van der Waals surface area contributed by atoms with Crippen LogP contribution < -0.4 is 10.6 Å². The number of nitrogens with one attached hydrogen (secondary N) is 2. The lowest BCUT2D eigenvalue weighted by Crippen LogP contribution is -2.27. The standard InChI is InChI=1S/C22H32N6O/c1-6-17(13-29)24-22-25-21(23-12-16-10-8-7-9-11-16)19-20(28(22)15(4)5)18(14(2)3)26-27-19/h7-11,14-15,17,23,29H,6,12-13H2,1-5H3,(H,24,25). The maximum absolute atomic E-state index is 9.71. The van der Waals surface area contributed by atoms with Gasteiger partial charge in [0.1, 0.15) is 0 Å². The number of aliphatic hydroxyl groups excluding tert-OH is 1. The third kappa shape index (κ3) is 4.50. The number of fused-ring (bicyclic) bond motifs is 1. The highest BCUT2D eigenvalue weighted by Gasteiger charge is 2.28. The Morgan fingerprint density at radius 1 is 1.07 bits per heavy atom. The van der Waals surface area contributed by atoms with Gasteiger partial charge in [-0.15, -0.1) is 5.10 Å². The molecule has 2 aliphatic rings. The predicted octanol–water partition coefficient (Wildman–Crippen LogP) is 4.28. The topological polar surface area (TPSA) is 87.9 Å². The Bertz CT molecular complexity index is 886. The van der Waals surface area contributed by atoms with Crippen LogP contribution in [0.1, 0.15) is 64.3 Å². The molecule has 7 heteroatoms. The van der Waals surface area contributed by atoms with Gasteiger partial charge in [-0.3, -0.25) is 0 Å². The third-order valence-electron chi connectivity index (χ3n) is 5.05. The zero-order valence-corrected chi connectivity index (χ0v) is 18.0. The van der Waals surface area contributed by atoms with Gasteiger partial charge in [0, 0.05) is 12.6 Å². The number of anilines is 2. The van der Waals surface area contributed by atoms with Crippen molar-refractivity contribution in [2.45, 2.75) is 65.6 Å². The van der Waals surface area contributed by atoms with Crippen LogP contribution in [0.15, 0.2) is 30.3 Å². The Hall–Kier alpha value is -2.67. The van der Waals surface area contributed by atoms with Crippen LogP contribution >= 0.6 is 0 Å². The molecule has 1 unspecified atom stereocenters. The minimum atomic E-state index is -0.0645. The van der Waals surface area contributed by atoms with Crippen LogP contribution in [0.5, 0.6) is 0 Å². The number of hydrogen-bond acceptors (Lipinski definition) is 6. The summed E-state index contributed by atoms with van der Waals surface area (Å²) in [6.07, 6.45) is 0.801. The molecule has 1 atom stereocenters. The number of nitrogens with zero attached hydrogens (tertiary/aromatic N) is 4. The van der Waals surface area contributed by atoms with Gasteiger partial charge < -0.3 is 20.3 Å². The number of benzene rings is 1. The van der Waals surface area contributed by atoms with Gasteiger partial charge >= 0.3 is 0 Å². The molecule has 3 N–H and O–H groups in total. The molecule has 0 bridgehead atoms. The first kappa shape index (κ1) is 21.0. The molecule has 0 spiro atoms. The maximum atomic E-state index is 9.71. The SMILES string of the molecule is CCC(CO)Nc1nc(NCc2ccccc2)c2nnc(C(C)C)c-2n1C(C)C. The summed E-state index contributed by atoms with van der Waals surface area (Å²) in [4.78, 5) is 4.87. The normalized spacial score (nSPS) is 12.7. The molecule has 0 aliphatic carbocycles. The number of hydrogen-bond donors (Lipinski definition) is 3. The van der Waals surface area contributed by atoms with Crippen molar-refractivity contribution in [2.75, 3.05) is 17.2 Å². The van der Waals surface area contributed by atoms with E-state index in [1.807, 2.05) is 25.1 Å². The highest BCUT2D eigenvalue weighted by Crippen LogP contribution is 2.37. The van der Waals surface area contributed by atoms with Gasteiger partial charge in [-0.1, -0.05) is 51.1 Å². The molecule has 7 nitrogen and oxygen atoms in total. The third-order valence-corrected chi connectivity index (χ3v) is 5.05. The first-order valence-electron chi connectivity index (χ1n) is 10.4. The fraction of sp³-hybridized carbons (Fsp3) is 0.500. The molecule has 1 aromatic carbocycles. The van der Waals surface area contributed by atoms with Crippen LogP contribution in [-0.2, 0) is 6.54 Å². The van der Waals surface area contributed by atoms with E-state index in [2.05, 4.69) is 65.2 Å². The number of rotatable bonds is 9. The molecule has 156 valence electrons. The molecule has 0 radical (unpaired) electrons. The van der Waals surface area contributed by atoms with Crippen molar-refractivity contribution < 1.29 is 5.11 Å². The Kier molecular flexibility index (Phi) is 6.69. The number of aromatic nitrogens is 4. The Morgan fingerprint density at radius 2 is 1.79 bits per heavy atom. The summed E-state index contributed by atoms with van der Waals surface area (Å²) >= 11 is 0. The number of aliphatic hydroxyl groups is 1. The van der Waals surface area contributed by atoms with Crippen molar-refractivity contribution in [1.29, 1.82) is 0 Å². The van der Waals surface area contributed by atoms with Crippen molar-refractivity contribution in [3.8, 4) is 11.4 Å². The second kappa shape index (κ2) is 9.22. The van der Waals surface area contributed by atoms with E-state index in [4.69, 9.17) is 4.98 Å². The molecular weight excluding hydrogens is 364 g/mol. The Morgan fingerprint density at radius 3 is 2.38 bits per heavy atom. The molecule has 3 rings (SSSR count). The van der Waals surface area contributed by atoms with E-state index in [0.717, 1.165) is 29.5 Å². The van der Waals surface area contributed by atoms with Crippen LogP contribution in [0.25, 0.3) is 11.4 Å². The minimum Gasteiger partial charge on any atom is -0.394 e. The lowest BCUT2D eigenvalue weighted by atomic mass is 10.1. The lowest BCUT2D eigenvalue weighted by Gasteiger charge is -2.26. The van der Waals surface area contributed by atoms with Gasteiger partial charge in [-0.05, 0) is 31.7 Å². The van der Waals surface area contributed by atoms with Gasteiger partial charge in [0.25, 0.3) is 0 Å². The van der Waals surface area contributed by atoms with E-state index in [0.29, 0.717) is 12.4 Å². The first-order valence-corrected chi connectivity index (χ1v) is 10.4. The van der Waals surface area contributed by atoms with Crippen molar-refractivity contribution >= 4 is 11.8 Å². The van der Waals surface area contributed by atoms with Crippen LogP contribution in [-0.4, -0.2) is 37.5 Å². The van der Waals surface area contributed by atoms with Crippen LogP contribution in [0.4, 0.5) is 11.8 Å². The molecule has 0 saturated carbocycles. The summed E-state index contributed by atoms with van der Waals surface area (Å²) in [5, 5.41) is 25.5. The average Bonchev–Trinajstić information content (AvgIpc) is 3.15. The monoisotopic (exact) mass is 396 g/mol. The summed E-state index contributed by atoms with van der Waals surface area (Å²) in [5.74, 6) is 1.66. The van der Waals surface area contributed by atoms with Gasteiger partial charge in [0.05, 0.1) is 24.0 Å². The Balaban J connectivity index is 2.10. The fourth-order valence-electron chi connectivity index (χ4n) is 3.39. The highest BCUT2D eigenvalue weighted by atomic mass is 16.3. The molecule has 0 fully saturated rings.